The maximum atomic E-state index is 7.33. The van der Waals surface area contributed by atoms with E-state index in [1.807, 2.05) is 13.8 Å². The van der Waals surface area contributed by atoms with E-state index in [2.05, 4.69) is 5.53 Å². The van der Waals surface area contributed by atoms with Gasteiger partial charge in [-0.05, 0) is 0 Å². The Morgan fingerprint density at radius 2 is 2.11 bits per heavy atom. The zero-order chi connectivity index (χ0) is 7.44. The van der Waals surface area contributed by atoms with Crippen LogP contribution >= 0.6 is 0 Å². The van der Waals surface area contributed by atoms with Crippen molar-refractivity contribution in [1.29, 1.82) is 5.41 Å². The van der Waals surface area contributed by atoms with Crippen molar-refractivity contribution >= 4 is 5.84 Å². The van der Waals surface area contributed by atoms with Crippen molar-refractivity contribution in [1.82, 2.24) is 10.5 Å². The van der Waals surface area contributed by atoms with Gasteiger partial charge < -0.3 is 0 Å². The molecule has 4 heteroatoms. The van der Waals surface area contributed by atoms with Crippen molar-refractivity contribution in [3.05, 3.63) is 0 Å². The lowest BCUT2D eigenvalue weighted by Gasteiger charge is -2.19. The summed E-state index contributed by atoms with van der Waals surface area (Å²) in [4.78, 5) is 0. The van der Waals surface area contributed by atoms with Crippen LogP contribution in [0.25, 0.3) is 0 Å². The molecule has 0 aromatic carbocycles. The fraction of sp³-hybridized carbons (Fsp3) is 0.800. The molecule has 0 saturated carbocycles. The Hall–Kier alpha value is -0.610. The normalized spacial score (nSPS) is 9.89. The Morgan fingerprint density at radius 3 is 2.22 bits per heavy atom. The number of nitrogens with two attached hydrogens (primary N) is 1. The number of nitrogens with one attached hydrogen (secondary N) is 2. The SMILES string of the molecule is CC(C)C(=N)N(C)NN. The number of amidine groups is 1. The fourth-order valence-electron chi connectivity index (χ4n) is 0.457. The third kappa shape index (κ3) is 2.43. The van der Waals surface area contributed by atoms with Gasteiger partial charge in [-0.1, -0.05) is 13.8 Å². The van der Waals surface area contributed by atoms with Gasteiger partial charge in [0.1, 0.15) is 5.84 Å². The van der Waals surface area contributed by atoms with E-state index in [0.29, 0.717) is 5.84 Å². The summed E-state index contributed by atoms with van der Waals surface area (Å²) in [6.07, 6.45) is 0. The maximum absolute atomic E-state index is 7.33. The number of rotatable bonds is 2. The largest absolute Gasteiger partial charge is 0.287 e. The first-order valence-corrected chi connectivity index (χ1v) is 2.88. The van der Waals surface area contributed by atoms with E-state index >= 15 is 0 Å². The van der Waals surface area contributed by atoms with Crippen molar-refractivity contribution in [2.75, 3.05) is 7.05 Å². The van der Waals surface area contributed by atoms with Crippen LogP contribution in [-0.4, -0.2) is 17.9 Å². The van der Waals surface area contributed by atoms with E-state index in [-0.39, 0.29) is 5.92 Å². The van der Waals surface area contributed by atoms with Gasteiger partial charge in [0.05, 0.1) is 0 Å². The Bertz CT molecular complexity index is 99.1. The Labute approximate surface area is 55.5 Å². The van der Waals surface area contributed by atoms with Crippen molar-refractivity contribution in [2.24, 2.45) is 11.8 Å². The first kappa shape index (κ1) is 8.39. The van der Waals surface area contributed by atoms with Crippen LogP contribution in [0.2, 0.25) is 0 Å². The van der Waals surface area contributed by atoms with Crippen molar-refractivity contribution in [2.45, 2.75) is 13.8 Å². The molecule has 54 valence electrons. The van der Waals surface area contributed by atoms with Gasteiger partial charge >= 0.3 is 0 Å². The number of hydrogen-bond donors (Lipinski definition) is 3. The van der Waals surface area contributed by atoms with E-state index in [0.717, 1.165) is 0 Å². The van der Waals surface area contributed by atoms with Crippen LogP contribution in [0.3, 0.4) is 0 Å². The van der Waals surface area contributed by atoms with E-state index in [9.17, 15) is 0 Å². The maximum Gasteiger partial charge on any atom is 0.114 e. The van der Waals surface area contributed by atoms with E-state index < -0.39 is 0 Å². The molecule has 0 radical (unpaired) electrons. The van der Waals surface area contributed by atoms with Gasteiger partial charge in [0.25, 0.3) is 0 Å². The molecular weight excluding hydrogens is 116 g/mol. The van der Waals surface area contributed by atoms with E-state index in [1.54, 1.807) is 7.05 Å². The molecule has 0 heterocycles. The molecule has 4 N–H and O–H groups in total. The molecule has 0 rings (SSSR count). The summed E-state index contributed by atoms with van der Waals surface area (Å²) in [5.74, 6) is 5.74. The van der Waals surface area contributed by atoms with Crippen molar-refractivity contribution in [3.63, 3.8) is 0 Å². The van der Waals surface area contributed by atoms with Gasteiger partial charge in [0.15, 0.2) is 0 Å². The second-order valence-electron chi connectivity index (χ2n) is 2.23. The summed E-state index contributed by atoms with van der Waals surface area (Å²) in [6, 6.07) is 0. The van der Waals surface area contributed by atoms with Crippen molar-refractivity contribution in [3.8, 4) is 0 Å². The lowest BCUT2D eigenvalue weighted by molar-refractivity contribution is 0.357. The molecule has 0 aliphatic carbocycles. The minimum atomic E-state index is 0.214. The van der Waals surface area contributed by atoms with Crippen LogP contribution in [0.1, 0.15) is 13.8 Å². The minimum Gasteiger partial charge on any atom is -0.287 e. The Balaban J connectivity index is 3.73. The molecule has 0 saturated heterocycles. The van der Waals surface area contributed by atoms with E-state index in [1.165, 1.54) is 5.01 Å². The molecule has 0 aliphatic heterocycles. The molecule has 0 aliphatic rings. The molecule has 0 amide bonds. The Morgan fingerprint density at radius 1 is 1.67 bits per heavy atom. The second-order valence-corrected chi connectivity index (χ2v) is 2.23. The zero-order valence-electron chi connectivity index (χ0n) is 6.10. The molecule has 0 spiro atoms. The highest BCUT2D eigenvalue weighted by atomic mass is 15.6. The molecular formula is C5H14N4. The summed E-state index contributed by atoms with van der Waals surface area (Å²) >= 11 is 0. The smallest absolute Gasteiger partial charge is 0.114 e. The number of hydrogen-bond acceptors (Lipinski definition) is 3. The zero-order valence-corrected chi connectivity index (χ0v) is 6.10. The van der Waals surface area contributed by atoms with Crippen LogP contribution in [0.4, 0.5) is 0 Å². The topological polar surface area (TPSA) is 65.1 Å². The van der Waals surface area contributed by atoms with Gasteiger partial charge in [-0.3, -0.25) is 16.3 Å². The quantitative estimate of drug-likeness (QED) is 0.212. The standard InChI is InChI=1S/C5H14N4/c1-4(2)5(6)9(3)8-7/h4,6,8H,7H2,1-3H3. The molecule has 9 heavy (non-hydrogen) atoms. The monoisotopic (exact) mass is 130 g/mol. The average molecular weight is 130 g/mol. The van der Waals surface area contributed by atoms with Gasteiger partial charge in [-0.15, -0.1) is 0 Å². The molecule has 0 bridgehead atoms. The summed E-state index contributed by atoms with van der Waals surface area (Å²) in [5.41, 5.74) is 2.35. The third-order valence-electron chi connectivity index (χ3n) is 1.10. The highest BCUT2D eigenvalue weighted by molar-refractivity contribution is 5.80. The average Bonchev–Trinajstić information content (AvgIpc) is 1.84. The van der Waals surface area contributed by atoms with E-state index in [4.69, 9.17) is 11.3 Å². The predicted octanol–water partition coefficient (Wildman–Crippen LogP) is -0.0702. The highest BCUT2D eigenvalue weighted by Gasteiger charge is 2.05. The van der Waals surface area contributed by atoms with Gasteiger partial charge in [0.2, 0.25) is 0 Å². The van der Waals surface area contributed by atoms with Crippen LogP contribution in [-0.2, 0) is 0 Å². The Kier molecular flexibility index (Phi) is 3.19. The van der Waals surface area contributed by atoms with Gasteiger partial charge in [-0.2, -0.15) is 5.53 Å². The van der Waals surface area contributed by atoms with Crippen LogP contribution < -0.4 is 11.4 Å². The third-order valence-corrected chi connectivity index (χ3v) is 1.10. The van der Waals surface area contributed by atoms with Gasteiger partial charge in [0, 0.05) is 13.0 Å². The molecule has 0 fully saturated rings. The first-order valence-electron chi connectivity index (χ1n) is 2.88. The molecule has 4 nitrogen and oxygen atoms in total. The lowest BCUT2D eigenvalue weighted by atomic mass is 10.2. The minimum absolute atomic E-state index is 0.214. The van der Waals surface area contributed by atoms with Crippen molar-refractivity contribution < 1.29 is 0 Å². The summed E-state index contributed by atoms with van der Waals surface area (Å²) in [5, 5.41) is 8.81. The number of hydrazine groups is 2. The van der Waals surface area contributed by atoms with Crippen LogP contribution in [0.5, 0.6) is 0 Å². The first-order chi connectivity index (χ1) is 4.09. The summed E-state index contributed by atoms with van der Waals surface area (Å²) in [6.45, 7) is 3.88. The molecule has 0 aromatic heterocycles. The lowest BCUT2D eigenvalue weighted by Crippen LogP contribution is -2.45. The molecule has 0 unspecified atom stereocenters. The predicted molar refractivity (Wildman–Crippen MR) is 37.7 cm³/mol. The summed E-state index contributed by atoms with van der Waals surface area (Å²) < 4.78 is 0. The highest BCUT2D eigenvalue weighted by Crippen LogP contribution is 1.94. The fourth-order valence-corrected chi connectivity index (χ4v) is 0.457. The molecule has 0 atom stereocenters. The number of nitrogens with zero attached hydrogens (tertiary/aromatic N) is 1. The summed E-state index contributed by atoms with van der Waals surface area (Å²) in [7, 11) is 1.71. The van der Waals surface area contributed by atoms with Crippen LogP contribution in [0, 0.1) is 11.3 Å². The molecule has 0 aromatic rings. The van der Waals surface area contributed by atoms with Crippen LogP contribution in [0.15, 0.2) is 0 Å². The second kappa shape index (κ2) is 3.42. The van der Waals surface area contributed by atoms with Gasteiger partial charge in [-0.25, -0.2) is 0 Å².